The molecule has 0 aliphatic carbocycles. The largest absolute Gasteiger partial charge is 0.369 e. The number of thioether (sulfide) groups is 1. The average Bonchev–Trinajstić information content (AvgIpc) is 2.14. The summed E-state index contributed by atoms with van der Waals surface area (Å²) in [6.45, 7) is 0. The van der Waals surface area contributed by atoms with E-state index in [1.54, 1.807) is 11.8 Å². The van der Waals surface area contributed by atoms with Crippen molar-refractivity contribution in [3.05, 3.63) is 11.9 Å². The van der Waals surface area contributed by atoms with E-state index in [9.17, 15) is 0 Å². The summed E-state index contributed by atoms with van der Waals surface area (Å²) in [6.07, 6.45) is 4.00. The van der Waals surface area contributed by atoms with E-state index < -0.39 is 0 Å². The number of hydrogen-bond acceptors (Lipinski definition) is 3. The summed E-state index contributed by atoms with van der Waals surface area (Å²) in [5.41, 5.74) is 6.56. The Hall–Kier alpha value is -0.640. The Balaban J connectivity index is 2.77. The molecule has 4 heteroatoms. The molecule has 0 spiro atoms. The van der Waals surface area contributed by atoms with Gasteiger partial charge >= 0.3 is 0 Å². The molecule has 0 aliphatic heterocycles. The molecule has 2 N–H and O–H groups in total. The molecule has 0 bridgehead atoms. The molecule has 0 atom stereocenters. The smallest absolute Gasteiger partial charge is 0.200 e. The number of nitrogen functional groups attached to an aromatic ring is 1. The van der Waals surface area contributed by atoms with Crippen molar-refractivity contribution in [2.45, 2.75) is 5.75 Å². The second kappa shape index (κ2) is 2.96. The number of rotatable bonds is 2. The SMILES string of the molecule is CSCc1cn(C)c(N)n1. The molecule has 0 aromatic carbocycles. The van der Waals surface area contributed by atoms with E-state index in [1.807, 2.05) is 24.1 Å². The molecule has 3 nitrogen and oxygen atoms in total. The molecular formula is C6H11N3S. The minimum Gasteiger partial charge on any atom is -0.369 e. The van der Waals surface area contributed by atoms with Crippen molar-refractivity contribution in [3.8, 4) is 0 Å². The normalized spacial score (nSPS) is 10.2. The van der Waals surface area contributed by atoms with Crippen LogP contribution in [-0.4, -0.2) is 15.8 Å². The minimum absolute atomic E-state index is 0.587. The summed E-state index contributed by atoms with van der Waals surface area (Å²) in [6, 6.07) is 0. The third-order valence-corrected chi connectivity index (χ3v) is 1.84. The Bertz CT molecular complexity index is 199. The van der Waals surface area contributed by atoms with Crippen LogP contribution in [0.3, 0.4) is 0 Å². The van der Waals surface area contributed by atoms with E-state index in [0.717, 1.165) is 11.4 Å². The van der Waals surface area contributed by atoms with E-state index in [-0.39, 0.29) is 0 Å². The van der Waals surface area contributed by atoms with Crippen LogP contribution in [0.2, 0.25) is 0 Å². The summed E-state index contributed by atoms with van der Waals surface area (Å²) in [7, 11) is 1.90. The van der Waals surface area contributed by atoms with E-state index >= 15 is 0 Å². The van der Waals surface area contributed by atoms with Crippen molar-refractivity contribution < 1.29 is 0 Å². The van der Waals surface area contributed by atoms with E-state index in [1.165, 1.54) is 0 Å². The highest BCUT2D eigenvalue weighted by Crippen LogP contribution is 2.08. The van der Waals surface area contributed by atoms with Crippen LogP contribution >= 0.6 is 11.8 Å². The zero-order valence-corrected chi connectivity index (χ0v) is 6.98. The standard InChI is InChI=1S/C6H11N3S/c1-9-3-5(4-10-2)8-6(9)7/h3H,4H2,1-2H3,(H2,7,8). The molecule has 0 saturated carbocycles. The Morgan fingerprint density at radius 2 is 2.50 bits per heavy atom. The van der Waals surface area contributed by atoms with Gasteiger partial charge in [0.25, 0.3) is 0 Å². The first-order valence-corrected chi connectivity index (χ1v) is 4.40. The van der Waals surface area contributed by atoms with Gasteiger partial charge in [-0.3, -0.25) is 0 Å². The van der Waals surface area contributed by atoms with Crippen LogP contribution in [0.4, 0.5) is 5.95 Å². The predicted molar refractivity (Wildman–Crippen MR) is 44.8 cm³/mol. The zero-order valence-electron chi connectivity index (χ0n) is 6.16. The first-order valence-electron chi connectivity index (χ1n) is 3.00. The summed E-state index contributed by atoms with van der Waals surface area (Å²) < 4.78 is 1.82. The number of aryl methyl sites for hydroxylation is 1. The molecule has 0 saturated heterocycles. The van der Waals surface area contributed by atoms with Gasteiger partial charge in [-0.2, -0.15) is 11.8 Å². The highest BCUT2D eigenvalue weighted by atomic mass is 32.2. The number of nitrogens with two attached hydrogens (primary N) is 1. The van der Waals surface area contributed by atoms with Gasteiger partial charge in [-0.05, 0) is 6.26 Å². The zero-order chi connectivity index (χ0) is 7.56. The number of hydrogen-bond donors (Lipinski definition) is 1. The van der Waals surface area contributed by atoms with Gasteiger partial charge in [-0.1, -0.05) is 0 Å². The van der Waals surface area contributed by atoms with Crippen LogP contribution in [0.25, 0.3) is 0 Å². The number of anilines is 1. The van der Waals surface area contributed by atoms with Gasteiger partial charge in [0.1, 0.15) is 0 Å². The fourth-order valence-corrected chi connectivity index (χ4v) is 1.20. The fourth-order valence-electron chi connectivity index (χ4n) is 0.762. The lowest BCUT2D eigenvalue weighted by Crippen LogP contribution is -1.94. The van der Waals surface area contributed by atoms with Gasteiger partial charge < -0.3 is 10.3 Å². The Morgan fingerprint density at radius 1 is 1.80 bits per heavy atom. The molecule has 1 aromatic heterocycles. The molecule has 0 unspecified atom stereocenters. The third kappa shape index (κ3) is 1.44. The van der Waals surface area contributed by atoms with Gasteiger partial charge in [-0.15, -0.1) is 0 Å². The molecule has 1 aromatic rings. The first kappa shape index (κ1) is 7.47. The molecule has 56 valence electrons. The Morgan fingerprint density at radius 3 is 2.90 bits per heavy atom. The van der Waals surface area contributed by atoms with Gasteiger partial charge in [0.15, 0.2) is 5.95 Å². The second-order valence-electron chi connectivity index (χ2n) is 2.13. The van der Waals surface area contributed by atoms with E-state index in [2.05, 4.69) is 4.98 Å². The van der Waals surface area contributed by atoms with Crippen LogP contribution in [0.15, 0.2) is 6.20 Å². The van der Waals surface area contributed by atoms with Gasteiger partial charge in [0, 0.05) is 19.0 Å². The lowest BCUT2D eigenvalue weighted by Gasteiger charge is -1.87. The summed E-state index contributed by atoms with van der Waals surface area (Å²) in [4.78, 5) is 4.12. The topological polar surface area (TPSA) is 43.8 Å². The highest BCUT2D eigenvalue weighted by molar-refractivity contribution is 7.97. The molecule has 0 radical (unpaired) electrons. The van der Waals surface area contributed by atoms with Gasteiger partial charge in [0.2, 0.25) is 0 Å². The number of nitrogens with zero attached hydrogens (tertiary/aromatic N) is 2. The van der Waals surface area contributed by atoms with Crippen LogP contribution in [0, 0.1) is 0 Å². The molecule has 0 fully saturated rings. The van der Waals surface area contributed by atoms with Crippen molar-refractivity contribution >= 4 is 17.7 Å². The summed E-state index contributed by atoms with van der Waals surface area (Å²) in [5.74, 6) is 1.52. The average molecular weight is 157 g/mol. The monoisotopic (exact) mass is 157 g/mol. The van der Waals surface area contributed by atoms with Crippen molar-refractivity contribution in [2.75, 3.05) is 12.0 Å². The van der Waals surface area contributed by atoms with Crippen LogP contribution < -0.4 is 5.73 Å². The molecule has 1 heterocycles. The molecule has 10 heavy (non-hydrogen) atoms. The third-order valence-electron chi connectivity index (χ3n) is 1.25. The van der Waals surface area contributed by atoms with Crippen LogP contribution in [0.1, 0.15) is 5.69 Å². The van der Waals surface area contributed by atoms with E-state index in [4.69, 9.17) is 5.73 Å². The lowest BCUT2D eigenvalue weighted by molar-refractivity contribution is 0.929. The number of imidazole rings is 1. The van der Waals surface area contributed by atoms with Crippen molar-refractivity contribution in [1.82, 2.24) is 9.55 Å². The summed E-state index contributed by atoms with van der Waals surface area (Å²) >= 11 is 1.75. The predicted octanol–water partition coefficient (Wildman–Crippen LogP) is 0.865. The quantitative estimate of drug-likeness (QED) is 0.692. The maximum absolute atomic E-state index is 5.51. The minimum atomic E-state index is 0.587. The van der Waals surface area contributed by atoms with Crippen LogP contribution in [-0.2, 0) is 12.8 Å². The maximum atomic E-state index is 5.51. The summed E-state index contributed by atoms with van der Waals surface area (Å²) in [5, 5.41) is 0. The van der Waals surface area contributed by atoms with E-state index in [0.29, 0.717) is 5.95 Å². The second-order valence-corrected chi connectivity index (χ2v) is 3.00. The highest BCUT2D eigenvalue weighted by Gasteiger charge is 1.98. The number of aromatic nitrogens is 2. The fraction of sp³-hybridized carbons (Fsp3) is 0.500. The molecule has 0 aliphatic rings. The maximum Gasteiger partial charge on any atom is 0.200 e. The Labute approximate surface area is 64.6 Å². The molecule has 0 amide bonds. The molecule has 1 rings (SSSR count). The van der Waals surface area contributed by atoms with Crippen molar-refractivity contribution in [1.29, 1.82) is 0 Å². The Kier molecular flexibility index (Phi) is 2.21. The van der Waals surface area contributed by atoms with Gasteiger partial charge in [0.05, 0.1) is 5.69 Å². The van der Waals surface area contributed by atoms with Gasteiger partial charge in [-0.25, -0.2) is 4.98 Å². The lowest BCUT2D eigenvalue weighted by atomic mass is 10.6. The first-order chi connectivity index (χ1) is 4.74. The molecular weight excluding hydrogens is 146 g/mol. The van der Waals surface area contributed by atoms with Crippen molar-refractivity contribution in [2.24, 2.45) is 7.05 Å². The van der Waals surface area contributed by atoms with Crippen molar-refractivity contribution in [3.63, 3.8) is 0 Å². The van der Waals surface area contributed by atoms with Crippen LogP contribution in [0.5, 0.6) is 0 Å².